The van der Waals surface area contributed by atoms with Gasteiger partial charge in [0.25, 0.3) is 5.91 Å². The van der Waals surface area contributed by atoms with Crippen molar-refractivity contribution < 1.29 is 13.9 Å². The van der Waals surface area contributed by atoms with Gasteiger partial charge in [-0.25, -0.2) is 4.39 Å². The minimum atomic E-state index is -0.375. The van der Waals surface area contributed by atoms with E-state index >= 15 is 0 Å². The molecule has 1 aromatic rings. The number of carbonyl (C=O) groups is 1. The smallest absolute Gasteiger partial charge is 0.258 e. The number of carbonyl (C=O) groups excluding carboxylic acids is 1. The Kier molecular flexibility index (Phi) is 7.46. The second-order valence-corrected chi connectivity index (χ2v) is 5.20. The quantitative estimate of drug-likeness (QED) is 0.687. The van der Waals surface area contributed by atoms with Crippen LogP contribution in [0.5, 0.6) is 5.75 Å². The van der Waals surface area contributed by atoms with E-state index in [0.717, 1.165) is 12.1 Å². The first kappa shape index (κ1) is 17.2. The van der Waals surface area contributed by atoms with Gasteiger partial charge in [-0.15, -0.1) is 6.58 Å². The van der Waals surface area contributed by atoms with Gasteiger partial charge in [-0.1, -0.05) is 19.9 Å². The summed E-state index contributed by atoms with van der Waals surface area (Å²) in [7, 11) is 0. The van der Waals surface area contributed by atoms with Crippen molar-refractivity contribution in [3.05, 3.63) is 42.2 Å². The molecule has 0 aliphatic carbocycles. The average Bonchev–Trinajstić information content (AvgIpc) is 2.42. The topological polar surface area (TPSA) is 50.4 Å². The van der Waals surface area contributed by atoms with E-state index in [-0.39, 0.29) is 18.3 Å². The fourth-order valence-electron chi connectivity index (χ4n) is 1.70. The van der Waals surface area contributed by atoms with Crippen LogP contribution in [0.2, 0.25) is 0 Å². The molecule has 1 aromatic carbocycles. The zero-order valence-corrected chi connectivity index (χ0v) is 12.6. The molecule has 21 heavy (non-hydrogen) atoms. The van der Waals surface area contributed by atoms with E-state index in [0.29, 0.717) is 24.8 Å². The van der Waals surface area contributed by atoms with Gasteiger partial charge < -0.3 is 15.4 Å². The van der Waals surface area contributed by atoms with Crippen LogP contribution in [0, 0.1) is 11.7 Å². The van der Waals surface area contributed by atoms with Gasteiger partial charge in [0.2, 0.25) is 0 Å². The summed E-state index contributed by atoms with van der Waals surface area (Å²) in [6.45, 7) is 9.38. The van der Waals surface area contributed by atoms with Crippen molar-refractivity contribution in [2.45, 2.75) is 20.4 Å². The van der Waals surface area contributed by atoms with Crippen LogP contribution >= 0.6 is 0 Å². The van der Waals surface area contributed by atoms with Crippen molar-refractivity contribution in [3.8, 4) is 5.75 Å². The van der Waals surface area contributed by atoms with Crippen LogP contribution in [0.15, 0.2) is 30.9 Å². The van der Waals surface area contributed by atoms with Gasteiger partial charge in [0.05, 0.1) is 0 Å². The lowest BCUT2D eigenvalue weighted by Crippen LogP contribution is -2.28. The van der Waals surface area contributed by atoms with Gasteiger partial charge >= 0.3 is 0 Å². The van der Waals surface area contributed by atoms with Crippen LogP contribution in [-0.2, 0) is 11.3 Å². The van der Waals surface area contributed by atoms with Crippen LogP contribution in [0.1, 0.15) is 19.4 Å². The van der Waals surface area contributed by atoms with E-state index < -0.39 is 0 Å². The Morgan fingerprint density at radius 2 is 2.19 bits per heavy atom. The summed E-state index contributed by atoms with van der Waals surface area (Å²) in [4.78, 5) is 11.4. The number of rotatable bonds is 9. The van der Waals surface area contributed by atoms with Crippen LogP contribution < -0.4 is 15.4 Å². The number of halogens is 1. The number of hydrogen-bond donors (Lipinski definition) is 2. The molecule has 0 aliphatic heterocycles. The molecular formula is C16H23FN2O2. The van der Waals surface area contributed by atoms with Crippen molar-refractivity contribution in [1.29, 1.82) is 0 Å². The van der Waals surface area contributed by atoms with Gasteiger partial charge in [-0.05, 0) is 30.2 Å². The Balaban J connectivity index is 2.52. The average molecular weight is 294 g/mol. The van der Waals surface area contributed by atoms with Gasteiger partial charge in [-0.3, -0.25) is 4.79 Å². The standard InChI is InChI=1S/C16H23FN2O2/c1-4-5-19-16(20)11-21-15-7-13(6-14(17)8-15)10-18-9-12(2)3/h4,6-8,12,18H,1,5,9-11H2,2-3H3,(H,19,20). The highest BCUT2D eigenvalue weighted by Crippen LogP contribution is 2.16. The van der Waals surface area contributed by atoms with Gasteiger partial charge in [0, 0.05) is 19.2 Å². The maximum atomic E-state index is 13.5. The van der Waals surface area contributed by atoms with E-state index in [1.54, 1.807) is 12.1 Å². The molecule has 2 N–H and O–H groups in total. The largest absolute Gasteiger partial charge is 0.484 e. The lowest BCUT2D eigenvalue weighted by Gasteiger charge is -2.10. The normalized spacial score (nSPS) is 10.5. The van der Waals surface area contributed by atoms with E-state index in [4.69, 9.17) is 4.74 Å². The highest BCUT2D eigenvalue weighted by molar-refractivity contribution is 5.77. The number of hydrogen-bond acceptors (Lipinski definition) is 3. The molecule has 1 rings (SSSR count). The third-order valence-electron chi connectivity index (χ3n) is 2.63. The molecule has 0 saturated heterocycles. The molecule has 5 heteroatoms. The molecule has 1 amide bonds. The SMILES string of the molecule is C=CCNC(=O)COc1cc(F)cc(CNCC(C)C)c1. The Bertz CT molecular complexity index is 475. The maximum absolute atomic E-state index is 13.5. The molecule has 0 atom stereocenters. The molecule has 4 nitrogen and oxygen atoms in total. The molecule has 0 spiro atoms. The zero-order valence-electron chi connectivity index (χ0n) is 12.6. The van der Waals surface area contributed by atoms with Crippen LogP contribution in [0.25, 0.3) is 0 Å². The van der Waals surface area contributed by atoms with E-state index in [9.17, 15) is 9.18 Å². The fraction of sp³-hybridized carbons (Fsp3) is 0.438. The number of amides is 1. The van der Waals surface area contributed by atoms with Crippen molar-refractivity contribution >= 4 is 5.91 Å². The predicted octanol–water partition coefficient (Wildman–Crippen LogP) is 2.25. The molecule has 0 saturated carbocycles. The van der Waals surface area contributed by atoms with E-state index in [1.807, 2.05) is 0 Å². The van der Waals surface area contributed by atoms with E-state index in [1.165, 1.54) is 12.1 Å². The van der Waals surface area contributed by atoms with Gasteiger partial charge in [-0.2, -0.15) is 0 Å². The first-order chi connectivity index (χ1) is 10.0. The molecule has 0 radical (unpaired) electrons. The van der Waals surface area contributed by atoms with Gasteiger partial charge in [0.15, 0.2) is 6.61 Å². The highest BCUT2D eigenvalue weighted by atomic mass is 19.1. The first-order valence-corrected chi connectivity index (χ1v) is 7.02. The Morgan fingerprint density at radius 3 is 2.86 bits per heavy atom. The molecule has 0 bridgehead atoms. The number of ether oxygens (including phenoxy) is 1. The van der Waals surface area contributed by atoms with Crippen molar-refractivity contribution in [3.63, 3.8) is 0 Å². The zero-order chi connectivity index (χ0) is 15.7. The summed E-state index contributed by atoms with van der Waals surface area (Å²) in [6, 6.07) is 4.46. The Morgan fingerprint density at radius 1 is 1.43 bits per heavy atom. The first-order valence-electron chi connectivity index (χ1n) is 7.02. The monoisotopic (exact) mass is 294 g/mol. The number of nitrogens with one attached hydrogen (secondary N) is 2. The summed E-state index contributed by atoms with van der Waals surface area (Å²) >= 11 is 0. The molecule has 116 valence electrons. The minimum absolute atomic E-state index is 0.143. The van der Waals surface area contributed by atoms with Crippen LogP contribution in [0.3, 0.4) is 0 Å². The molecule has 0 aliphatic rings. The van der Waals surface area contributed by atoms with Crippen LogP contribution in [0.4, 0.5) is 4.39 Å². The summed E-state index contributed by atoms with van der Waals surface area (Å²) in [6.07, 6.45) is 1.58. The Hall–Kier alpha value is -1.88. The molecule has 0 unspecified atom stereocenters. The number of benzene rings is 1. The summed E-state index contributed by atoms with van der Waals surface area (Å²) < 4.78 is 18.8. The molecule has 0 heterocycles. The van der Waals surface area contributed by atoms with E-state index in [2.05, 4.69) is 31.1 Å². The highest BCUT2D eigenvalue weighted by Gasteiger charge is 2.05. The summed E-state index contributed by atoms with van der Waals surface area (Å²) in [5.41, 5.74) is 0.789. The van der Waals surface area contributed by atoms with Crippen molar-refractivity contribution in [1.82, 2.24) is 10.6 Å². The summed E-state index contributed by atoms with van der Waals surface area (Å²) in [5.74, 6) is 0.243. The molecule has 0 aromatic heterocycles. The fourth-order valence-corrected chi connectivity index (χ4v) is 1.70. The minimum Gasteiger partial charge on any atom is -0.484 e. The predicted molar refractivity (Wildman–Crippen MR) is 81.6 cm³/mol. The maximum Gasteiger partial charge on any atom is 0.258 e. The van der Waals surface area contributed by atoms with Crippen LogP contribution in [-0.4, -0.2) is 25.6 Å². The van der Waals surface area contributed by atoms with Crippen molar-refractivity contribution in [2.75, 3.05) is 19.7 Å². The third kappa shape index (κ3) is 7.46. The van der Waals surface area contributed by atoms with Crippen molar-refractivity contribution in [2.24, 2.45) is 5.92 Å². The lowest BCUT2D eigenvalue weighted by atomic mass is 10.2. The molecular weight excluding hydrogens is 271 g/mol. The molecule has 0 fully saturated rings. The third-order valence-corrected chi connectivity index (χ3v) is 2.63. The van der Waals surface area contributed by atoms with Gasteiger partial charge in [0.1, 0.15) is 11.6 Å². The Labute approximate surface area is 125 Å². The second kappa shape index (κ2) is 9.13. The summed E-state index contributed by atoms with van der Waals surface area (Å²) in [5, 5.41) is 5.83. The lowest BCUT2D eigenvalue weighted by molar-refractivity contribution is -0.122. The second-order valence-electron chi connectivity index (χ2n) is 5.20.